The van der Waals surface area contributed by atoms with Gasteiger partial charge in [0.2, 0.25) is 0 Å². The van der Waals surface area contributed by atoms with Gasteiger partial charge in [0.05, 0.1) is 5.69 Å². The fourth-order valence-corrected chi connectivity index (χ4v) is 2.17. The van der Waals surface area contributed by atoms with Gasteiger partial charge in [-0.25, -0.2) is 4.98 Å². The van der Waals surface area contributed by atoms with Crippen LogP contribution in [0.3, 0.4) is 0 Å². The van der Waals surface area contributed by atoms with Crippen molar-refractivity contribution in [1.82, 2.24) is 4.98 Å². The molecule has 104 valence electrons. The summed E-state index contributed by atoms with van der Waals surface area (Å²) in [6, 6.07) is 23.7. The van der Waals surface area contributed by atoms with E-state index in [9.17, 15) is 4.79 Å². The van der Waals surface area contributed by atoms with Crippen LogP contribution in [-0.4, -0.2) is 11.3 Å². The number of carbonyl (C=O) groups is 1. The molecular formula is C19H17NO. The van der Waals surface area contributed by atoms with E-state index in [-0.39, 0.29) is 7.43 Å². The van der Waals surface area contributed by atoms with Gasteiger partial charge in [-0.3, -0.25) is 4.79 Å². The third-order valence-corrected chi connectivity index (χ3v) is 3.14. The summed E-state index contributed by atoms with van der Waals surface area (Å²) in [6.45, 7) is 0. The van der Waals surface area contributed by atoms with Gasteiger partial charge in [-0.1, -0.05) is 68.1 Å². The van der Waals surface area contributed by atoms with Crippen molar-refractivity contribution in [2.24, 2.45) is 0 Å². The smallest absolute Gasteiger partial charge is 0.168 e. The van der Waals surface area contributed by atoms with Crippen LogP contribution in [0.4, 0.5) is 0 Å². The van der Waals surface area contributed by atoms with Gasteiger partial charge in [-0.15, -0.1) is 0 Å². The molecule has 0 spiro atoms. The maximum atomic E-state index is 11.1. The number of aldehydes is 1. The van der Waals surface area contributed by atoms with Crippen LogP contribution in [0.5, 0.6) is 0 Å². The van der Waals surface area contributed by atoms with Crippen LogP contribution in [0.2, 0.25) is 0 Å². The Morgan fingerprint density at radius 3 is 1.86 bits per heavy atom. The van der Waals surface area contributed by atoms with Crippen molar-refractivity contribution < 1.29 is 4.79 Å². The molecule has 0 N–H and O–H groups in total. The lowest BCUT2D eigenvalue weighted by atomic mass is 10.0. The molecule has 3 aromatic rings. The predicted octanol–water partition coefficient (Wildman–Crippen LogP) is 4.86. The highest BCUT2D eigenvalue weighted by molar-refractivity contribution is 5.79. The number of rotatable bonds is 3. The molecule has 0 saturated heterocycles. The number of aromatic nitrogens is 1. The van der Waals surface area contributed by atoms with E-state index >= 15 is 0 Å². The standard InChI is InChI=1S/C18H13NO.CH4/c20-13-17-11-16(14-7-3-1-4-8-14)12-18(19-17)15-9-5-2-6-10-15;/h1-13H;1H4. The summed E-state index contributed by atoms with van der Waals surface area (Å²) in [6.07, 6.45) is 0.791. The van der Waals surface area contributed by atoms with E-state index in [0.29, 0.717) is 5.69 Å². The van der Waals surface area contributed by atoms with E-state index in [1.54, 1.807) is 0 Å². The van der Waals surface area contributed by atoms with Crippen LogP contribution in [0.15, 0.2) is 72.8 Å². The summed E-state index contributed by atoms with van der Waals surface area (Å²) in [4.78, 5) is 15.5. The summed E-state index contributed by atoms with van der Waals surface area (Å²) in [5.74, 6) is 0. The van der Waals surface area contributed by atoms with Crippen LogP contribution in [-0.2, 0) is 0 Å². The lowest BCUT2D eigenvalue weighted by Crippen LogP contribution is -1.92. The van der Waals surface area contributed by atoms with E-state index in [2.05, 4.69) is 4.98 Å². The first-order valence-electron chi connectivity index (χ1n) is 6.45. The first kappa shape index (κ1) is 14.7. The molecule has 21 heavy (non-hydrogen) atoms. The molecule has 2 aromatic carbocycles. The molecule has 0 saturated carbocycles. The van der Waals surface area contributed by atoms with E-state index in [1.807, 2.05) is 72.8 Å². The van der Waals surface area contributed by atoms with Crippen LogP contribution in [0.1, 0.15) is 17.9 Å². The third kappa shape index (κ3) is 3.23. The highest BCUT2D eigenvalue weighted by atomic mass is 16.1. The molecular weight excluding hydrogens is 258 g/mol. The van der Waals surface area contributed by atoms with E-state index in [1.165, 1.54) is 0 Å². The van der Waals surface area contributed by atoms with Crippen molar-refractivity contribution in [2.75, 3.05) is 0 Å². The Morgan fingerprint density at radius 2 is 1.29 bits per heavy atom. The van der Waals surface area contributed by atoms with E-state index < -0.39 is 0 Å². The van der Waals surface area contributed by atoms with Crippen LogP contribution in [0.25, 0.3) is 22.4 Å². The van der Waals surface area contributed by atoms with Crippen molar-refractivity contribution in [3.63, 3.8) is 0 Å². The van der Waals surface area contributed by atoms with Gasteiger partial charge >= 0.3 is 0 Å². The molecule has 1 aromatic heterocycles. The van der Waals surface area contributed by atoms with Crippen LogP contribution in [0, 0.1) is 0 Å². The van der Waals surface area contributed by atoms with Crippen molar-refractivity contribution in [3.8, 4) is 22.4 Å². The summed E-state index contributed by atoms with van der Waals surface area (Å²) in [5.41, 5.74) is 4.35. The number of hydrogen-bond donors (Lipinski definition) is 0. The Kier molecular flexibility index (Phi) is 4.62. The molecule has 0 amide bonds. The lowest BCUT2D eigenvalue weighted by molar-refractivity contribution is 0.111. The maximum absolute atomic E-state index is 11.1. The lowest BCUT2D eigenvalue weighted by Gasteiger charge is -2.07. The molecule has 0 atom stereocenters. The molecule has 2 nitrogen and oxygen atoms in total. The average Bonchev–Trinajstić information content (AvgIpc) is 2.56. The Balaban J connectivity index is 0.00000161. The summed E-state index contributed by atoms with van der Waals surface area (Å²) >= 11 is 0. The number of nitrogens with zero attached hydrogens (tertiary/aromatic N) is 1. The fourth-order valence-electron chi connectivity index (χ4n) is 2.17. The van der Waals surface area contributed by atoms with Crippen molar-refractivity contribution in [1.29, 1.82) is 0 Å². The molecule has 0 unspecified atom stereocenters. The predicted molar refractivity (Wildman–Crippen MR) is 87.2 cm³/mol. The van der Waals surface area contributed by atoms with E-state index in [0.717, 1.165) is 28.7 Å². The molecule has 0 radical (unpaired) electrons. The minimum atomic E-state index is 0. The summed E-state index contributed by atoms with van der Waals surface area (Å²) in [7, 11) is 0. The van der Waals surface area contributed by atoms with Gasteiger partial charge in [0.15, 0.2) is 6.29 Å². The Hall–Kier alpha value is -2.74. The van der Waals surface area contributed by atoms with Gasteiger partial charge in [0.1, 0.15) is 5.69 Å². The molecule has 0 fully saturated rings. The number of hydrogen-bond acceptors (Lipinski definition) is 2. The monoisotopic (exact) mass is 275 g/mol. The fraction of sp³-hybridized carbons (Fsp3) is 0.0526. The second-order valence-electron chi connectivity index (χ2n) is 4.52. The first-order valence-corrected chi connectivity index (χ1v) is 6.45. The molecule has 0 aliphatic carbocycles. The Bertz CT molecular complexity index is 663. The third-order valence-electron chi connectivity index (χ3n) is 3.14. The van der Waals surface area contributed by atoms with E-state index in [4.69, 9.17) is 0 Å². The van der Waals surface area contributed by atoms with Gasteiger partial charge < -0.3 is 0 Å². The molecule has 0 bridgehead atoms. The second-order valence-corrected chi connectivity index (χ2v) is 4.52. The minimum Gasteiger partial charge on any atom is -0.296 e. The summed E-state index contributed by atoms with van der Waals surface area (Å²) in [5, 5.41) is 0. The average molecular weight is 275 g/mol. The zero-order valence-corrected chi connectivity index (χ0v) is 10.9. The number of pyridine rings is 1. The Morgan fingerprint density at radius 1 is 0.714 bits per heavy atom. The molecule has 3 rings (SSSR count). The van der Waals surface area contributed by atoms with Crippen molar-refractivity contribution in [2.45, 2.75) is 7.43 Å². The van der Waals surface area contributed by atoms with Crippen molar-refractivity contribution in [3.05, 3.63) is 78.5 Å². The zero-order valence-electron chi connectivity index (χ0n) is 10.9. The van der Waals surface area contributed by atoms with Gasteiger partial charge in [-0.05, 0) is 23.3 Å². The topological polar surface area (TPSA) is 30.0 Å². The second kappa shape index (κ2) is 6.62. The van der Waals surface area contributed by atoms with Gasteiger partial charge in [0.25, 0.3) is 0 Å². The normalized spacial score (nSPS) is 9.71. The zero-order chi connectivity index (χ0) is 13.8. The minimum absolute atomic E-state index is 0. The highest BCUT2D eigenvalue weighted by Crippen LogP contribution is 2.25. The summed E-state index contributed by atoms with van der Waals surface area (Å²) < 4.78 is 0. The number of benzene rings is 2. The molecule has 0 aliphatic heterocycles. The van der Waals surface area contributed by atoms with Gasteiger partial charge in [-0.2, -0.15) is 0 Å². The SMILES string of the molecule is C.O=Cc1cc(-c2ccccc2)cc(-c2ccccc2)n1. The highest BCUT2D eigenvalue weighted by Gasteiger charge is 2.06. The molecule has 0 aliphatic rings. The van der Waals surface area contributed by atoms with Crippen molar-refractivity contribution >= 4 is 6.29 Å². The van der Waals surface area contributed by atoms with Gasteiger partial charge in [0, 0.05) is 5.56 Å². The first-order chi connectivity index (χ1) is 9.86. The molecule has 1 heterocycles. The number of carbonyl (C=O) groups excluding carboxylic acids is 1. The quantitative estimate of drug-likeness (QED) is 0.639. The maximum Gasteiger partial charge on any atom is 0.168 e. The van der Waals surface area contributed by atoms with Crippen LogP contribution >= 0.6 is 0 Å². The molecule has 2 heteroatoms. The Labute approximate surface area is 125 Å². The largest absolute Gasteiger partial charge is 0.296 e. The van der Waals surface area contributed by atoms with Crippen LogP contribution < -0.4 is 0 Å².